The number of carbonyl (C=O) groups is 2. The fraction of sp³-hybridized carbons (Fsp3) is 0.308. The number of carbonyl (C=O) groups excluding carboxylic acids is 2. The fourth-order valence-electron chi connectivity index (χ4n) is 1.75. The van der Waals surface area contributed by atoms with Crippen LogP contribution in [0.2, 0.25) is 0 Å². The molecule has 0 spiro atoms. The number of thiocarbonyl (C=S) groups is 1. The van der Waals surface area contributed by atoms with E-state index in [4.69, 9.17) is 21.4 Å². The molecular formula is C13H14N2O4S. The lowest BCUT2D eigenvalue weighted by Gasteiger charge is -2.28. The summed E-state index contributed by atoms with van der Waals surface area (Å²) in [7, 11) is 1.53. The second-order valence-electron chi connectivity index (χ2n) is 4.22. The number of hydrogen-bond acceptors (Lipinski definition) is 5. The maximum Gasteiger partial charge on any atom is 0.265 e. The number of nitrogens with one attached hydrogen (secondary N) is 1. The molecule has 1 aliphatic rings. The van der Waals surface area contributed by atoms with Crippen LogP contribution in [0.25, 0.3) is 6.08 Å². The van der Waals surface area contributed by atoms with Crippen molar-refractivity contribution in [3.8, 4) is 0 Å². The maximum absolute atomic E-state index is 12.3. The molecule has 0 bridgehead atoms. The third kappa shape index (κ3) is 2.94. The van der Waals surface area contributed by atoms with E-state index >= 15 is 0 Å². The van der Waals surface area contributed by atoms with Gasteiger partial charge in [0.1, 0.15) is 17.1 Å². The largest absolute Gasteiger partial charge is 0.462 e. The second-order valence-corrected chi connectivity index (χ2v) is 4.60. The van der Waals surface area contributed by atoms with E-state index in [1.807, 2.05) is 0 Å². The first kappa shape index (κ1) is 14.4. The van der Waals surface area contributed by atoms with Gasteiger partial charge in [0.25, 0.3) is 11.8 Å². The SMILES string of the molecule is COCCN1C(=O)/C(=C\c2ccc(C)o2)C(=O)NC1=S. The van der Waals surface area contributed by atoms with Gasteiger partial charge in [0.2, 0.25) is 0 Å². The van der Waals surface area contributed by atoms with Gasteiger partial charge in [-0.2, -0.15) is 0 Å². The normalized spacial score (nSPS) is 17.8. The minimum absolute atomic E-state index is 0.0101. The summed E-state index contributed by atoms with van der Waals surface area (Å²) in [6.07, 6.45) is 1.41. The zero-order valence-electron chi connectivity index (χ0n) is 11.1. The molecule has 6 nitrogen and oxygen atoms in total. The first-order chi connectivity index (χ1) is 9.52. The van der Waals surface area contributed by atoms with Crippen LogP contribution in [0.4, 0.5) is 0 Å². The highest BCUT2D eigenvalue weighted by Gasteiger charge is 2.33. The van der Waals surface area contributed by atoms with E-state index in [2.05, 4.69) is 5.32 Å². The maximum atomic E-state index is 12.3. The molecule has 1 aliphatic heterocycles. The lowest BCUT2D eigenvalue weighted by molar-refractivity contribution is -0.129. The van der Waals surface area contributed by atoms with Gasteiger partial charge in [-0.3, -0.25) is 19.8 Å². The number of ether oxygens (including phenoxy) is 1. The van der Waals surface area contributed by atoms with Gasteiger partial charge in [0.05, 0.1) is 13.2 Å². The van der Waals surface area contributed by atoms with Crippen molar-refractivity contribution in [2.45, 2.75) is 6.92 Å². The van der Waals surface area contributed by atoms with Crippen molar-refractivity contribution in [1.82, 2.24) is 10.2 Å². The zero-order chi connectivity index (χ0) is 14.7. The Morgan fingerprint density at radius 2 is 2.20 bits per heavy atom. The van der Waals surface area contributed by atoms with Gasteiger partial charge < -0.3 is 9.15 Å². The number of aryl methyl sites for hydroxylation is 1. The van der Waals surface area contributed by atoms with Gasteiger partial charge >= 0.3 is 0 Å². The minimum atomic E-state index is -0.525. The Morgan fingerprint density at radius 3 is 2.80 bits per heavy atom. The van der Waals surface area contributed by atoms with Crippen molar-refractivity contribution in [1.29, 1.82) is 0 Å². The Kier molecular flexibility index (Phi) is 4.31. The molecule has 0 aliphatic carbocycles. The van der Waals surface area contributed by atoms with Gasteiger partial charge in [0.15, 0.2) is 5.11 Å². The summed E-state index contributed by atoms with van der Waals surface area (Å²) in [4.78, 5) is 25.4. The third-order valence-corrected chi connectivity index (χ3v) is 3.08. The molecule has 20 heavy (non-hydrogen) atoms. The number of rotatable bonds is 4. The van der Waals surface area contributed by atoms with Gasteiger partial charge in [-0.05, 0) is 37.4 Å². The van der Waals surface area contributed by atoms with E-state index in [0.717, 1.165) is 0 Å². The van der Waals surface area contributed by atoms with Crippen LogP contribution in [0.3, 0.4) is 0 Å². The van der Waals surface area contributed by atoms with E-state index in [9.17, 15) is 9.59 Å². The van der Waals surface area contributed by atoms with Crippen LogP contribution in [0, 0.1) is 6.92 Å². The Morgan fingerprint density at radius 1 is 1.45 bits per heavy atom. The zero-order valence-corrected chi connectivity index (χ0v) is 12.0. The molecule has 0 radical (unpaired) electrons. The summed E-state index contributed by atoms with van der Waals surface area (Å²) in [5.74, 6) is 0.167. The summed E-state index contributed by atoms with van der Waals surface area (Å²) in [5, 5.41) is 2.57. The second kappa shape index (κ2) is 5.98. The molecule has 1 aromatic rings. The molecule has 7 heteroatoms. The van der Waals surface area contributed by atoms with Gasteiger partial charge in [0, 0.05) is 7.11 Å². The van der Waals surface area contributed by atoms with Crippen molar-refractivity contribution in [2.24, 2.45) is 0 Å². The summed E-state index contributed by atoms with van der Waals surface area (Å²) in [6.45, 7) is 2.39. The molecule has 1 saturated heterocycles. The van der Waals surface area contributed by atoms with E-state index in [1.165, 1.54) is 18.1 Å². The predicted molar refractivity (Wildman–Crippen MR) is 75.8 cm³/mol. The summed E-state index contributed by atoms with van der Waals surface area (Å²) >= 11 is 4.98. The summed E-state index contributed by atoms with van der Waals surface area (Å²) in [5.41, 5.74) is -0.0101. The number of hydrogen-bond donors (Lipinski definition) is 1. The Labute approximate surface area is 121 Å². The molecule has 0 atom stereocenters. The van der Waals surface area contributed by atoms with Crippen molar-refractivity contribution in [2.75, 3.05) is 20.3 Å². The van der Waals surface area contributed by atoms with Crippen molar-refractivity contribution >= 4 is 35.2 Å². The topological polar surface area (TPSA) is 71.8 Å². The van der Waals surface area contributed by atoms with Crippen LogP contribution < -0.4 is 5.32 Å². The lowest BCUT2D eigenvalue weighted by atomic mass is 10.1. The molecule has 2 heterocycles. The van der Waals surface area contributed by atoms with Crippen LogP contribution >= 0.6 is 12.2 Å². The highest BCUT2D eigenvalue weighted by molar-refractivity contribution is 7.80. The Bertz CT molecular complexity index is 591. The molecule has 2 amide bonds. The summed E-state index contributed by atoms with van der Waals surface area (Å²) < 4.78 is 10.3. The van der Waals surface area contributed by atoms with Crippen LogP contribution in [-0.2, 0) is 14.3 Å². The summed E-state index contributed by atoms with van der Waals surface area (Å²) in [6, 6.07) is 3.44. The number of furan rings is 1. The molecule has 0 aromatic carbocycles. The lowest BCUT2D eigenvalue weighted by Crippen LogP contribution is -2.54. The molecule has 2 rings (SSSR count). The van der Waals surface area contributed by atoms with Crippen LogP contribution in [-0.4, -0.2) is 42.1 Å². The molecular weight excluding hydrogens is 280 g/mol. The number of amides is 2. The average molecular weight is 294 g/mol. The molecule has 1 aromatic heterocycles. The highest BCUT2D eigenvalue weighted by atomic mass is 32.1. The van der Waals surface area contributed by atoms with Crippen LogP contribution in [0.1, 0.15) is 11.5 Å². The van der Waals surface area contributed by atoms with Crippen molar-refractivity contribution in [3.63, 3.8) is 0 Å². The molecule has 0 saturated carbocycles. The quantitative estimate of drug-likeness (QED) is 0.506. The van der Waals surface area contributed by atoms with E-state index in [0.29, 0.717) is 18.1 Å². The monoisotopic (exact) mass is 294 g/mol. The average Bonchev–Trinajstić information content (AvgIpc) is 2.80. The first-order valence-electron chi connectivity index (χ1n) is 5.97. The van der Waals surface area contributed by atoms with E-state index in [1.54, 1.807) is 19.1 Å². The molecule has 1 fully saturated rings. The van der Waals surface area contributed by atoms with Crippen molar-refractivity contribution in [3.05, 3.63) is 29.2 Å². The van der Waals surface area contributed by atoms with Gasteiger partial charge in [-0.15, -0.1) is 0 Å². The standard InChI is InChI=1S/C13H14N2O4S/c1-8-3-4-9(19-8)7-10-11(16)14-13(20)15(12(10)17)5-6-18-2/h3-4,7H,5-6H2,1-2H3,(H,14,16,20)/b10-7-. The molecule has 106 valence electrons. The Balaban J connectivity index is 2.27. The van der Waals surface area contributed by atoms with Gasteiger partial charge in [-0.25, -0.2) is 0 Å². The first-order valence-corrected chi connectivity index (χ1v) is 6.38. The van der Waals surface area contributed by atoms with Crippen LogP contribution in [0.15, 0.2) is 22.1 Å². The smallest absolute Gasteiger partial charge is 0.265 e. The minimum Gasteiger partial charge on any atom is -0.462 e. The third-order valence-electron chi connectivity index (χ3n) is 2.75. The molecule has 1 N–H and O–H groups in total. The number of methoxy groups -OCH3 is 1. The van der Waals surface area contributed by atoms with E-state index < -0.39 is 11.8 Å². The van der Waals surface area contributed by atoms with Crippen molar-refractivity contribution < 1.29 is 18.7 Å². The molecule has 0 unspecified atom stereocenters. The fourth-order valence-corrected chi connectivity index (χ4v) is 2.02. The van der Waals surface area contributed by atoms with E-state index in [-0.39, 0.29) is 17.2 Å². The highest BCUT2D eigenvalue weighted by Crippen LogP contribution is 2.16. The van der Waals surface area contributed by atoms with Crippen LogP contribution in [0.5, 0.6) is 0 Å². The van der Waals surface area contributed by atoms with Gasteiger partial charge in [-0.1, -0.05) is 0 Å². The Hall–Kier alpha value is -1.99. The predicted octanol–water partition coefficient (Wildman–Crippen LogP) is 0.861. The number of nitrogens with zero attached hydrogens (tertiary/aromatic N) is 1.